The first-order valence-corrected chi connectivity index (χ1v) is 9.77. The van der Waals surface area contributed by atoms with E-state index in [1.807, 2.05) is 56.0 Å². The van der Waals surface area contributed by atoms with Crippen molar-refractivity contribution in [2.45, 2.75) is 32.8 Å². The smallest absolute Gasteiger partial charge is 0.320 e. The maximum absolute atomic E-state index is 12.0. The van der Waals surface area contributed by atoms with Crippen molar-refractivity contribution in [1.82, 2.24) is 4.90 Å². The molecule has 0 aliphatic rings. The van der Waals surface area contributed by atoms with Crippen LogP contribution in [0.4, 0.5) is 0 Å². The minimum Gasteiger partial charge on any atom is -0.459 e. The molecule has 1 rings (SSSR count). The molecular formula is C17H27NO4S. The van der Waals surface area contributed by atoms with Gasteiger partial charge in [0.05, 0.1) is 12.3 Å². The minimum atomic E-state index is -3.07. The van der Waals surface area contributed by atoms with Crippen LogP contribution in [-0.2, 0) is 25.8 Å². The van der Waals surface area contributed by atoms with Crippen molar-refractivity contribution in [3.05, 3.63) is 35.9 Å². The lowest BCUT2D eigenvalue weighted by molar-refractivity contribution is -0.156. The summed E-state index contributed by atoms with van der Waals surface area (Å²) in [6.07, 6.45) is 1.96. The number of esters is 1. The van der Waals surface area contributed by atoms with Gasteiger partial charge in [-0.15, -0.1) is 0 Å². The maximum Gasteiger partial charge on any atom is 0.320 e. The van der Waals surface area contributed by atoms with Gasteiger partial charge < -0.3 is 4.74 Å². The Kier molecular flexibility index (Phi) is 7.22. The predicted octanol–water partition coefficient (Wildman–Crippen LogP) is 1.92. The summed E-state index contributed by atoms with van der Waals surface area (Å²) in [4.78, 5) is 13.8. The van der Waals surface area contributed by atoms with E-state index in [2.05, 4.69) is 0 Å². The summed E-state index contributed by atoms with van der Waals surface area (Å²) in [6.45, 7) is 6.48. The van der Waals surface area contributed by atoms with Crippen LogP contribution in [0.2, 0.25) is 0 Å². The summed E-state index contributed by atoms with van der Waals surface area (Å²) in [5.41, 5.74) is 0.611. The Bertz CT molecular complexity index is 591. The number of carbonyl (C=O) groups is 1. The van der Waals surface area contributed by atoms with E-state index in [0.29, 0.717) is 13.1 Å². The first-order valence-electron chi connectivity index (χ1n) is 7.71. The van der Waals surface area contributed by atoms with E-state index in [1.54, 1.807) is 0 Å². The van der Waals surface area contributed by atoms with Crippen LogP contribution < -0.4 is 0 Å². The van der Waals surface area contributed by atoms with E-state index in [1.165, 1.54) is 6.26 Å². The SMILES string of the molecule is CC(C)(C)OC(=O)CN(CCc1ccccc1)CCS(C)(=O)=O. The van der Waals surface area contributed by atoms with Crippen molar-refractivity contribution < 1.29 is 17.9 Å². The van der Waals surface area contributed by atoms with Gasteiger partial charge in [0.15, 0.2) is 0 Å². The average Bonchev–Trinajstić information content (AvgIpc) is 2.40. The normalized spacial score (nSPS) is 12.4. The van der Waals surface area contributed by atoms with Crippen molar-refractivity contribution in [3.8, 4) is 0 Å². The molecule has 6 heteroatoms. The molecule has 0 fully saturated rings. The molecule has 5 nitrogen and oxygen atoms in total. The first-order chi connectivity index (χ1) is 10.6. The molecule has 0 radical (unpaired) electrons. The van der Waals surface area contributed by atoms with Gasteiger partial charge in [-0.25, -0.2) is 8.42 Å². The van der Waals surface area contributed by atoms with Crippen LogP contribution in [0.5, 0.6) is 0 Å². The van der Waals surface area contributed by atoms with Gasteiger partial charge in [-0.3, -0.25) is 9.69 Å². The molecule has 0 saturated carbocycles. The number of carbonyl (C=O) groups excluding carboxylic acids is 1. The second kappa shape index (κ2) is 8.45. The fraction of sp³-hybridized carbons (Fsp3) is 0.588. The number of nitrogens with zero attached hydrogens (tertiary/aromatic N) is 1. The second-order valence-electron chi connectivity index (χ2n) is 6.73. The van der Waals surface area contributed by atoms with Gasteiger partial charge in [-0.2, -0.15) is 0 Å². The molecule has 0 heterocycles. The molecule has 0 N–H and O–H groups in total. The van der Waals surface area contributed by atoms with Crippen molar-refractivity contribution in [3.63, 3.8) is 0 Å². The van der Waals surface area contributed by atoms with Crippen LogP contribution in [0.25, 0.3) is 0 Å². The standard InChI is InChI=1S/C17H27NO4S/c1-17(2,3)22-16(19)14-18(12-13-23(4,20)21)11-10-15-8-6-5-7-9-15/h5-9H,10-14H2,1-4H3. The molecule has 0 amide bonds. The number of benzene rings is 1. The van der Waals surface area contributed by atoms with Crippen LogP contribution in [0.3, 0.4) is 0 Å². The molecule has 0 aromatic heterocycles. The highest BCUT2D eigenvalue weighted by Gasteiger charge is 2.19. The highest BCUT2D eigenvalue weighted by atomic mass is 32.2. The molecule has 0 atom stereocenters. The summed E-state index contributed by atoms with van der Waals surface area (Å²) >= 11 is 0. The van der Waals surface area contributed by atoms with Gasteiger partial charge in [-0.05, 0) is 32.8 Å². The van der Waals surface area contributed by atoms with Gasteiger partial charge >= 0.3 is 5.97 Å². The lowest BCUT2D eigenvalue weighted by atomic mass is 10.1. The van der Waals surface area contributed by atoms with Crippen LogP contribution in [0, 0.1) is 0 Å². The minimum absolute atomic E-state index is 0.0323. The monoisotopic (exact) mass is 341 g/mol. The fourth-order valence-electron chi connectivity index (χ4n) is 2.05. The van der Waals surface area contributed by atoms with Crippen molar-refractivity contribution in [1.29, 1.82) is 0 Å². The highest BCUT2D eigenvalue weighted by molar-refractivity contribution is 7.90. The first kappa shape index (κ1) is 19.6. The van der Waals surface area contributed by atoms with Crippen LogP contribution in [0.1, 0.15) is 26.3 Å². The van der Waals surface area contributed by atoms with E-state index in [-0.39, 0.29) is 18.3 Å². The Morgan fingerprint density at radius 1 is 1.13 bits per heavy atom. The molecule has 1 aromatic carbocycles. The Morgan fingerprint density at radius 2 is 1.74 bits per heavy atom. The largest absolute Gasteiger partial charge is 0.459 e. The van der Waals surface area contributed by atoms with E-state index in [0.717, 1.165) is 12.0 Å². The third kappa shape index (κ3) is 10.1. The lowest BCUT2D eigenvalue weighted by Crippen LogP contribution is -2.38. The van der Waals surface area contributed by atoms with Gasteiger partial charge in [0.2, 0.25) is 0 Å². The molecule has 0 saturated heterocycles. The summed E-state index contributed by atoms with van der Waals surface area (Å²) in [5, 5.41) is 0. The number of hydrogen-bond donors (Lipinski definition) is 0. The Labute approximate surface area is 139 Å². The molecule has 23 heavy (non-hydrogen) atoms. The van der Waals surface area contributed by atoms with E-state index >= 15 is 0 Å². The molecule has 1 aromatic rings. The maximum atomic E-state index is 12.0. The van der Waals surface area contributed by atoms with Gasteiger partial charge in [0, 0.05) is 19.3 Å². The molecule has 0 bridgehead atoms. The molecule has 0 aliphatic heterocycles. The number of rotatable bonds is 8. The summed E-state index contributed by atoms with van der Waals surface area (Å²) in [6, 6.07) is 9.91. The Morgan fingerprint density at radius 3 is 2.26 bits per heavy atom. The van der Waals surface area contributed by atoms with Crippen molar-refractivity contribution >= 4 is 15.8 Å². The van der Waals surface area contributed by atoms with Gasteiger partial charge in [-0.1, -0.05) is 30.3 Å². The van der Waals surface area contributed by atoms with E-state index in [9.17, 15) is 13.2 Å². The third-order valence-electron chi connectivity index (χ3n) is 3.11. The van der Waals surface area contributed by atoms with Gasteiger partial charge in [0.1, 0.15) is 15.4 Å². The lowest BCUT2D eigenvalue weighted by Gasteiger charge is -2.25. The topological polar surface area (TPSA) is 63.7 Å². The number of ether oxygens (including phenoxy) is 1. The van der Waals surface area contributed by atoms with Crippen LogP contribution in [0.15, 0.2) is 30.3 Å². The zero-order valence-corrected chi connectivity index (χ0v) is 15.2. The Balaban J connectivity index is 2.62. The van der Waals surface area contributed by atoms with E-state index in [4.69, 9.17) is 4.74 Å². The number of sulfone groups is 1. The van der Waals surface area contributed by atoms with Crippen LogP contribution >= 0.6 is 0 Å². The summed E-state index contributed by atoms with van der Waals surface area (Å²) in [7, 11) is -3.07. The Hall–Kier alpha value is -1.40. The predicted molar refractivity (Wildman–Crippen MR) is 92.1 cm³/mol. The molecule has 0 unspecified atom stereocenters. The van der Waals surface area contributed by atoms with Gasteiger partial charge in [0.25, 0.3) is 0 Å². The average molecular weight is 341 g/mol. The quantitative estimate of drug-likeness (QED) is 0.676. The van der Waals surface area contributed by atoms with Crippen molar-refractivity contribution in [2.75, 3.05) is 31.6 Å². The molecular weight excluding hydrogens is 314 g/mol. The van der Waals surface area contributed by atoms with Crippen LogP contribution in [-0.4, -0.2) is 56.5 Å². The zero-order valence-electron chi connectivity index (χ0n) is 14.4. The van der Waals surface area contributed by atoms with Crippen molar-refractivity contribution in [2.24, 2.45) is 0 Å². The highest BCUT2D eigenvalue weighted by Crippen LogP contribution is 2.08. The second-order valence-corrected chi connectivity index (χ2v) is 8.99. The molecule has 0 spiro atoms. The fourth-order valence-corrected chi connectivity index (χ4v) is 2.64. The van der Waals surface area contributed by atoms with E-state index < -0.39 is 15.4 Å². The summed E-state index contributed by atoms with van der Waals surface area (Å²) in [5.74, 6) is -0.302. The molecule has 130 valence electrons. The molecule has 0 aliphatic carbocycles. The third-order valence-corrected chi connectivity index (χ3v) is 4.03. The number of hydrogen-bond acceptors (Lipinski definition) is 5. The zero-order chi connectivity index (χ0) is 17.5. The summed E-state index contributed by atoms with van der Waals surface area (Å²) < 4.78 is 28.1.